The first-order valence-electron chi connectivity index (χ1n) is 6.11. The Hall–Kier alpha value is -1.85. The van der Waals surface area contributed by atoms with Crippen LogP contribution >= 0.6 is 11.6 Å². The van der Waals surface area contributed by atoms with Crippen LogP contribution in [0.1, 0.15) is 18.7 Å². The van der Waals surface area contributed by atoms with Crippen molar-refractivity contribution in [3.63, 3.8) is 0 Å². The van der Waals surface area contributed by atoms with Crippen LogP contribution < -0.4 is 5.56 Å². The second kappa shape index (κ2) is 6.07. The van der Waals surface area contributed by atoms with Gasteiger partial charge < -0.3 is 14.8 Å². The van der Waals surface area contributed by atoms with Crippen LogP contribution in [0.2, 0.25) is 5.02 Å². The minimum atomic E-state index is -0.427. The maximum absolute atomic E-state index is 12.2. The average Bonchev–Trinajstić information content (AvgIpc) is 2.40. The number of hydrogen-bond acceptors (Lipinski definition) is 4. The lowest BCUT2D eigenvalue weighted by atomic mass is 10.1. The highest BCUT2D eigenvalue weighted by molar-refractivity contribution is 6.33. The van der Waals surface area contributed by atoms with Gasteiger partial charge in [-0.1, -0.05) is 36.7 Å². The molecular formula is C14H15ClN2O3. The zero-order valence-electron chi connectivity index (χ0n) is 11.2. The molecule has 0 aliphatic carbocycles. The smallest absolute Gasteiger partial charge is 0.262 e. The van der Waals surface area contributed by atoms with Crippen molar-refractivity contribution in [1.82, 2.24) is 9.97 Å². The van der Waals surface area contributed by atoms with E-state index in [1.807, 2.05) is 6.92 Å². The second-order valence-corrected chi connectivity index (χ2v) is 4.89. The Morgan fingerprint density at radius 2 is 2.15 bits per heavy atom. The van der Waals surface area contributed by atoms with Crippen LogP contribution in [0.3, 0.4) is 0 Å². The molecular weight excluding hydrogens is 280 g/mol. The van der Waals surface area contributed by atoms with Crippen LogP contribution in [0.25, 0.3) is 11.1 Å². The Balaban J connectivity index is 2.53. The first-order valence-corrected chi connectivity index (χ1v) is 6.49. The maximum Gasteiger partial charge on any atom is 0.262 e. The number of aromatic nitrogens is 2. The summed E-state index contributed by atoms with van der Waals surface area (Å²) in [4.78, 5) is 18.9. The fraction of sp³-hybridized carbons (Fsp3) is 0.286. The summed E-state index contributed by atoms with van der Waals surface area (Å²) in [6.45, 7) is 2.24. The van der Waals surface area contributed by atoms with Crippen molar-refractivity contribution in [3.8, 4) is 17.0 Å². The number of halogens is 1. The van der Waals surface area contributed by atoms with Crippen LogP contribution in [-0.2, 0) is 4.74 Å². The summed E-state index contributed by atoms with van der Waals surface area (Å²) in [7, 11) is 1.56. The van der Waals surface area contributed by atoms with Crippen LogP contribution in [-0.4, -0.2) is 28.8 Å². The highest BCUT2D eigenvalue weighted by Crippen LogP contribution is 2.30. The average molecular weight is 295 g/mol. The summed E-state index contributed by atoms with van der Waals surface area (Å²) in [5.74, 6) is -0.0798. The van der Waals surface area contributed by atoms with E-state index in [1.165, 1.54) is 0 Å². The van der Waals surface area contributed by atoms with Crippen LogP contribution in [0.5, 0.6) is 5.88 Å². The molecule has 0 aliphatic heterocycles. The third kappa shape index (κ3) is 2.84. The summed E-state index contributed by atoms with van der Waals surface area (Å²) >= 11 is 6.04. The molecule has 2 aromatic rings. The van der Waals surface area contributed by atoms with Crippen molar-refractivity contribution in [3.05, 3.63) is 45.5 Å². The van der Waals surface area contributed by atoms with Crippen molar-refractivity contribution in [2.75, 3.05) is 13.7 Å². The van der Waals surface area contributed by atoms with Gasteiger partial charge in [-0.25, -0.2) is 0 Å². The van der Waals surface area contributed by atoms with Crippen LogP contribution in [0.15, 0.2) is 29.1 Å². The lowest BCUT2D eigenvalue weighted by Gasteiger charge is -2.11. The molecule has 0 fully saturated rings. The van der Waals surface area contributed by atoms with Gasteiger partial charge in [0.25, 0.3) is 5.56 Å². The fourth-order valence-electron chi connectivity index (χ4n) is 1.95. The molecule has 1 aromatic carbocycles. The molecule has 6 heteroatoms. The minimum Gasteiger partial charge on any atom is -0.493 e. The van der Waals surface area contributed by atoms with Gasteiger partial charge in [-0.3, -0.25) is 4.79 Å². The summed E-state index contributed by atoms with van der Waals surface area (Å²) < 4.78 is 5.01. The van der Waals surface area contributed by atoms with Gasteiger partial charge in [0.2, 0.25) is 5.88 Å². The minimum absolute atomic E-state index is 0.0731. The van der Waals surface area contributed by atoms with Gasteiger partial charge in [0.1, 0.15) is 11.4 Å². The number of aromatic amines is 1. The lowest BCUT2D eigenvalue weighted by Crippen LogP contribution is -2.17. The van der Waals surface area contributed by atoms with E-state index in [9.17, 15) is 9.90 Å². The zero-order valence-corrected chi connectivity index (χ0v) is 11.9. The molecule has 1 unspecified atom stereocenters. The van der Waals surface area contributed by atoms with E-state index in [0.29, 0.717) is 23.0 Å². The molecule has 0 spiro atoms. The van der Waals surface area contributed by atoms with E-state index in [0.717, 1.165) is 0 Å². The first-order chi connectivity index (χ1) is 9.54. The Kier molecular flexibility index (Phi) is 4.42. The van der Waals surface area contributed by atoms with Crippen LogP contribution in [0, 0.1) is 0 Å². The van der Waals surface area contributed by atoms with E-state index in [1.54, 1.807) is 31.4 Å². The van der Waals surface area contributed by atoms with Gasteiger partial charge in [-0.15, -0.1) is 0 Å². The SMILES string of the molecule is COCC(C)c1nc(O)c(-c2ccccc2Cl)c(=O)[nH]1. The second-order valence-electron chi connectivity index (χ2n) is 4.49. The third-order valence-corrected chi connectivity index (χ3v) is 3.27. The van der Waals surface area contributed by atoms with Crippen molar-refractivity contribution in [2.45, 2.75) is 12.8 Å². The van der Waals surface area contributed by atoms with E-state index >= 15 is 0 Å². The van der Waals surface area contributed by atoms with Gasteiger partial charge in [-0.2, -0.15) is 4.98 Å². The molecule has 0 bridgehead atoms. The molecule has 1 aromatic heterocycles. The van der Waals surface area contributed by atoms with Gasteiger partial charge in [-0.05, 0) is 6.07 Å². The summed E-state index contributed by atoms with van der Waals surface area (Å²) in [6.07, 6.45) is 0. The first kappa shape index (κ1) is 14.6. The molecule has 1 heterocycles. The number of ether oxygens (including phenoxy) is 1. The summed E-state index contributed by atoms with van der Waals surface area (Å²) in [5.41, 5.74) is 0.0962. The zero-order chi connectivity index (χ0) is 14.7. The molecule has 0 saturated carbocycles. The predicted molar refractivity (Wildman–Crippen MR) is 77.3 cm³/mol. The lowest BCUT2D eigenvalue weighted by molar-refractivity contribution is 0.181. The molecule has 0 amide bonds. The number of aromatic hydroxyl groups is 1. The number of nitrogens with one attached hydrogen (secondary N) is 1. The highest BCUT2D eigenvalue weighted by atomic mass is 35.5. The number of rotatable bonds is 4. The highest BCUT2D eigenvalue weighted by Gasteiger charge is 2.17. The van der Waals surface area contributed by atoms with E-state index < -0.39 is 5.56 Å². The monoisotopic (exact) mass is 294 g/mol. The van der Waals surface area contributed by atoms with Crippen molar-refractivity contribution >= 4 is 11.6 Å². The molecule has 2 N–H and O–H groups in total. The summed E-state index contributed by atoms with van der Waals surface area (Å²) in [6, 6.07) is 6.80. The maximum atomic E-state index is 12.2. The standard InChI is InChI=1S/C14H15ClN2O3/c1-8(7-20-2)12-16-13(18)11(14(19)17-12)9-5-3-4-6-10(9)15/h3-6,8H,7H2,1-2H3,(H2,16,17,18,19). The fourth-order valence-corrected chi connectivity index (χ4v) is 2.18. The molecule has 1 atom stereocenters. The van der Waals surface area contributed by atoms with Crippen molar-refractivity contribution < 1.29 is 9.84 Å². The normalized spacial score (nSPS) is 12.3. The van der Waals surface area contributed by atoms with E-state index in [-0.39, 0.29) is 17.4 Å². The largest absolute Gasteiger partial charge is 0.493 e. The molecule has 0 saturated heterocycles. The van der Waals surface area contributed by atoms with Gasteiger partial charge in [0.15, 0.2) is 0 Å². The number of methoxy groups -OCH3 is 1. The Morgan fingerprint density at radius 1 is 1.45 bits per heavy atom. The summed E-state index contributed by atoms with van der Waals surface area (Å²) in [5, 5.41) is 10.4. The number of benzene rings is 1. The Labute approximate surface area is 121 Å². The Morgan fingerprint density at radius 3 is 2.75 bits per heavy atom. The number of H-pyrrole nitrogens is 1. The molecule has 5 nitrogen and oxygen atoms in total. The third-order valence-electron chi connectivity index (χ3n) is 2.95. The Bertz CT molecular complexity index is 670. The van der Waals surface area contributed by atoms with Crippen LogP contribution in [0.4, 0.5) is 0 Å². The van der Waals surface area contributed by atoms with Gasteiger partial charge in [0, 0.05) is 23.6 Å². The quantitative estimate of drug-likeness (QED) is 0.908. The number of nitrogens with zero attached hydrogens (tertiary/aromatic N) is 1. The number of hydrogen-bond donors (Lipinski definition) is 2. The molecule has 106 valence electrons. The predicted octanol–water partition coefficient (Wildman–Crippen LogP) is 2.55. The van der Waals surface area contributed by atoms with Crippen molar-refractivity contribution in [2.24, 2.45) is 0 Å². The topological polar surface area (TPSA) is 75.2 Å². The van der Waals surface area contributed by atoms with Gasteiger partial charge in [0.05, 0.1) is 6.61 Å². The van der Waals surface area contributed by atoms with E-state index in [2.05, 4.69) is 9.97 Å². The van der Waals surface area contributed by atoms with E-state index in [4.69, 9.17) is 16.3 Å². The van der Waals surface area contributed by atoms with Crippen molar-refractivity contribution in [1.29, 1.82) is 0 Å². The molecule has 0 aliphatic rings. The molecule has 2 rings (SSSR count). The molecule has 0 radical (unpaired) electrons. The molecule has 20 heavy (non-hydrogen) atoms. The van der Waals surface area contributed by atoms with Gasteiger partial charge >= 0.3 is 0 Å².